The lowest BCUT2D eigenvalue weighted by Crippen LogP contribution is -2.35. The molecule has 1 amide bonds. The number of pyridine rings is 1. The van der Waals surface area contributed by atoms with Crippen molar-refractivity contribution in [3.05, 3.63) is 22.9 Å². The van der Waals surface area contributed by atoms with Gasteiger partial charge in [-0.15, -0.1) is 0 Å². The summed E-state index contributed by atoms with van der Waals surface area (Å²) >= 11 is 3.47. The summed E-state index contributed by atoms with van der Waals surface area (Å²) in [6.07, 6.45) is 5.47. The Hall–Kier alpha value is -1.40. The van der Waals surface area contributed by atoms with Gasteiger partial charge >= 0.3 is 0 Å². The normalized spacial score (nSPS) is 22.8. The molecule has 0 aromatic carbocycles. The quantitative estimate of drug-likeness (QED) is 0.894. The Morgan fingerprint density at radius 3 is 3.19 bits per heavy atom. The van der Waals surface area contributed by atoms with Gasteiger partial charge in [0.1, 0.15) is 0 Å². The highest BCUT2D eigenvalue weighted by Gasteiger charge is 2.35. The molecule has 1 saturated heterocycles. The highest BCUT2D eigenvalue weighted by atomic mass is 79.9. The maximum Gasteiger partial charge on any atom is 0.230 e. The molecule has 2 atom stereocenters. The Kier molecular flexibility index (Phi) is 3.99. The number of fused-ring (bicyclic) bond motifs is 1. The van der Waals surface area contributed by atoms with E-state index in [-0.39, 0.29) is 11.8 Å². The summed E-state index contributed by atoms with van der Waals surface area (Å²) in [5.41, 5.74) is 0.858. The molecule has 2 aromatic rings. The van der Waals surface area contributed by atoms with Gasteiger partial charge < -0.3 is 15.2 Å². The van der Waals surface area contributed by atoms with Gasteiger partial charge in [0, 0.05) is 28.3 Å². The molecule has 0 spiro atoms. The molecule has 0 saturated carbocycles. The zero-order chi connectivity index (χ0) is 15.0. The number of carbonyl (C=O) groups excluding carboxylic acids is 1. The van der Waals surface area contributed by atoms with Crippen molar-refractivity contribution in [3.63, 3.8) is 0 Å². The van der Waals surface area contributed by atoms with Crippen LogP contribution in [-0.2, 0) is 4.79 Å². The molecule has 21 heavy (non-hydrogen) atoms. The van der Waals surface area contributed by atoms with Gasteiger partial charge in [-0.25, -0.2) is 4.98 Å². The number of aromatic amines is 1. The van der Waals surface area contributed by atoms with E-state index in [1.54, 1.807) is 6.20 Å². The van der Waals surface area contributed by atoms with Gasteiger partial charge in [0.15, 0.2) is 5.82 Å². The smallest absolute Gasteiger partial charge is 0.230 e. The third-order valence-electron chi connectivity index (χ3n) is 4.37. The van der Waals surface area contributed by atoms with Crippen LogP contribution in [-0.4, -0.2) is 40.4 Å². The Bertz CT molecular complexity index is 669. The second-order valence-electron chi connectivity index (χ2n) is 5.56. The molecule has 5 nitrogen and oxygen atoms in total. The van der Waals surface area contributed by atoms with Gasteiger partial charge in [-0.05, 0) is 48.4 Å². The fourth-order valence-electron chi connectivity index (χ4n) is 3.23. The highest BCUT2D eigenvalue weighted by Crippen LogP contribution is 2.29. The number of halogens is 1. The molecule has 2 aromatic heterocycles. The van der Waals surface area contributed by atoms with Crippen molar-refractivity contribution in [1.82, 2.24) is 14.9 Å². The third kappa shape index (κ3) is 2.58. The summed E-state index contributed by atoms with van der Waals surface area (Å²) < 4.78 is 0.920. The number of aromatic nitrogens is 2. The van der Waals surface area contributed by atoms with Crippen LogP contribution in [0, 0.1) is 5.92 Å². The number of nitrogens with one attached hydrogen (secondary N) is 2. The topological polar surface area (TPSA) is 61.0 Å². The van der Waals surface area contributed by atoms with Crippen LogP contribution in [0.1, 0.15) is 19.8 Å². The number of H-pyrrole nitrogens is 1. The molecule has 0 unspecified atom stereocenters. The second kappa shape index (κ2) is 5.77. The minimum atomic E-state index is 0.0375. The number of nitrogens with zero attached hydrogens (tertiary/aromatic N) is 2. The molecule has 0 bridgehead atoms. The fourth-order valence-corrected chi connectivity index (χ4v) is 3.67. The summed E-state index contributed by atoms with van der Waals surface area (Å²) in [5.74, 6) is 0.708. The van der Waals surface area contributed by atoms with E-state index >= 15 is 0 Å². The lowest BCUT2D eigenvalue weighted by Gasteiger charge is -2.22. The van der Waals surface area contributed by atoms with Crippen LogP contribution in [0.25, 0.3) is 10.9 Å². The Balaban J connectivity index is 1.84. The van der Waals surface area contributed by atoms with Crippen molar-refractivity contribution in [2.45, 2.75) is 25.8 Å². The van der Waals surface area contributed by atoms with Crippen LogP contribution in [0.4, 0.5) is 5.82 Å². The summed E-state index contributed by atoms with van der Waals surface area (Å²) in [5, 5.41) is 4.02. The first-order chi connectivity index (χ1) is 10.1. The number of hydrogen-bond acceptors (Lipinski definition) is 3. The van der Waals surface area contributed by atoms with Crippen molar-refractivity contribution in [2.75, 3.05) is 18.9 Å². The van der Waals surface area contributed by atoms with E-state index in [9.17, 15) is 4.79 Å². The lowest BCUT2D eigenvalue weighted by molar-refractivity contribution is -0.120. The minimum Gasteiger partial charge on any atom is -0.358 e. The van der Waals surface area contributed by atoms with E-state index in [1.807, 2.05) is 12.3 Å². The van der Waals surface area contributed by atoms with E-state index in [2.05, 4.69) is 50.1 Å². The molecule has 1 aliphatic heterocycles. The van der Waals surface area contributed by atoms with Crippen LogP contribution < -0.4 is 5.32 Å². The molecule has 6 heteroatoms. The van der Waals surface area contributed by atoms with Crippen molar-refractivity contribution in [1.29, 1.82) is 0 Å². The predicted molar refractivity (Wildman–Crippen MR) is 87.2 cm³/mol. The Labute approximate surface area is 132 Å². The molecule has 0 aliphatic carbocycles. The molecule has 3 heterocycles. The number of likely N-dealkylation sites (tertiary alicyclic amines) is 1. The summed E-state index contributed by atoms with van der Waals surface area (Å²) in [4.78, 5) is 22.3. The first kappa shape index (κ1) is 14.5. The van der Waals surface area contributed by atoms with Gasteiger partial charge in [-0.2, -0.15) is 0 Å². The zero-order valence-corrected chi connectivity index (χ0v) is 13.8. The highest BCUT2D eigenvalue weighted by molar-refractivity contribution is 9.10. The van der Waals surface area contributed by atoms with Gasteiger partial charge in [-0.1, -0.05) is 6.92 Å². The average molecular weight is 351 g/mol. The molecule has 0 radical (unpaired) electrons. The van der Waals surface area contributed by atoms with Crippen molar-refractivity contribution in [3.8, 4) is 0 Å². The third-order valence-corrected chi connectivity index (χ3v) is 5.00. The SMILES string of the molecule is CC[C@@H]1[C@@H](C(=O)Nc2ncc(Br)c3cc[nH]c23)CCN1C. The maximum atomic E-state index is 12.6. The Morgan fingerprint density at radius 1 is 1.62 bits per heavy atom. The number of anilines is 1. The monoisotopic (exact) mass is 350 g/mol. The van der Waals surface area contributed by atoms with Crippen molar-refractivity contribution in [2.24, 2.45) is 5.92 Å². The molecular formula is C15H19BrN4O. The summed E-state index contributed by atoms with van der Waals surface area (Å²) in [6.45, 7) is 3.11. The molecular weight excluding hydrogens is 332 g/mol. The lowest BCUT2D eigenvalue weighted by atomic mass is 9.97. The van der Waals surface area contributed by atoms with E-state index < -0.39 is 0 Å². The minimum absolute atomic E-state index is 0.0375. The van der Waals surface area contributed by atoms with E-state index in [0.717, 1.165) is 34.8 Å². The molecule has 3 rings (SSSR count). The largest absolute Gasteiger partial charge is 0.358 e. The molecule has 1 aliphatic rings. The van der Waals surface area contributed by atoms with Crippen molar-refractivity contribution >= 4 is 38.6 Å². The standard InChI is InChI=1S/C15H19BrN4O/c1-3-12-10(5-7-20(12)2)15(21)19-14-13-9(4-6-17-13)11(16)8-18-14/h4,6,8,10,12,17H,3,5,7H2,1-2H3,(H,18,19,21)/t10-,12+/m0/s1. The average Bonchev–Trinajstić information content (AvgIpc) is 3.08. The van der Waals surface area contributed by atoms with E-state index in [1.165, 1.54) is 0 Å². The summed E-state index contributed by atoms with van der Waals surface area (Å²) in [6, 6.07) is 2.29. The van der Waals surface area contributed by atoms with Crippen LogP contribution in [0.2, 0.25) is 0 Å². The first-order valence-corrected chi connectivity index (χ1v) is 8.03. The van der Waals surface area contributed by atoms with E-state index in [0.29, 0.717) is 11.9 Å². The molecule has 1 fully saturated rings. The number of carbonyl (C=O) groups is 1. The first-order valence-electron chi connectivity index (χ1n) is 7.24. The zero-order valence-electron chi connectivity index (χ0n) is 12.2. The van der Waals surface area contributed by atoms with Crippen LogP contribution >= 0.6 is 15.9 Å². The van der Waals surface area contributed by atoms with Crippen LogP contribution in [0.15, 0.2) is 22.9 Å². The van der Waals surface area contributed by atoms with Crippen LogP contribution in [0.3, 0.4) is 0 Å². The summed E-state index contributed by atoms with van der Waals surface area (Å²) in [7, 11) is 2.09. The molecule has 112 valence electrons. The maximum absolute atomic E-state index is 12.6. The van der Waals surface area contributed by atoms with Gasteiger partial charge in [0.2, 0.25) is 5.91 Å². The van der Waals surface area contributed by atoms with Gasteiger partial charge in [0.25, 0.3) is 0 Å². The second-order valence-corrected chi connectivity index (χ2v) is 6.42. The fraction of sp³-hybridized carbons (Fsp3) is 0.467. The molecule has 2 N–H and O–H groups in total. The van der Waals surface area contributed by atoms with E-state index in [4.69, 9.17) is 0 Å². The predicted octanol–water partition coefficient (Wildman–Crippen LogP) is 2.99. The Morgan fingerprint density at radius 2 is 2.43 bits per heavy atom. The van der Waals surface area contributed by atoms with Gasteiger partial charge in [0.05, 0.1) is 11.4 Å². The number of rotatable bonds is 3. The van der Waals surface area contributed by atoms with Crippen LogP contribution in [0.5, 0.6) is 0 Å². The number of amides is 1. The number of hydrogen-bond donors (Lipinski definition) is 2. The van der Waals surface area contributed by atoms with Gasteiger partial charge in [-0.3, -0.25) is 4.79 Å². The van der Waals surface area contributed by atoms with Crippen molar-refractivity contribution < 1.29 is 4.79 Å².